The molecule has 5 atom stereocenters. The molecule has 6 nitrogen and oxygen atoms in total. The zero-order chi connectivity index (χ0) is 18.7. The van der Waals surface area contributed by atoms with Crippen molar-refractivity contribution in [1.82, 2.24) is 26.6 Å². The molecule has 0 aromatic carbocycles. The quantitative estimate of drug-likeness (QED) is 0.432. The summed E-state index contributed by atoms with van der Waals surface area (Å²) in [6.45, 7) is 6.13. The lowest BCUT2D eigenvalue weighted by Gasteiger charge is -2.35. The Kier molecular flexibility index (Phi) is 9.82. The fourth-order valence-electron chi connectivity index (χ4n) is 5.22. The molecule has 1 unspecified atom stereocenters. The van der Waals surface area contributed by atoms with Crippen LogP contribution in [0.2, 0.25) is 0 Å². The van der Waals surface area contributed by atoms with E-state index in [2.05, 4.69) is 26.6 Å². The van der Waals surface area contributed by atoms with Gasteiger partial charge < -0.3 is 32.3 Å². The molecule has 0 bridgehead atoms. The Hall–Kier alpha value is -0.240. The van der Waals surface area contributed by atoms with Crippen LogP contribution in [-0.4, -0.2) is 69.5 Å². The van der Waals surface area contributed by atoms with Crippen LogP contribution in [0.25, 0.3) is 0 Å². The van der Waals surface area contributed by atoms with Crippen LogP contribution in [0, 0.1) is 0 Å². The predicted octanol–water partition coefficient (Wildman–Crippen LogP) is 0.678. The van der Waals surface area contributed by atoms with E-state index >= 15 is 0 Å². The highest BCUT2D eigenvalue weighted by Gasteiger charge is 2.27. The summed E-state index contributed by atoms with van der Waals surface area (Å²) in [5.41, 5.74) is 5.77. The Balaban J connectivity index is 1.58. The molecule has 158 valence electrons. The maximum Gasteiger partial charge on any atom is 0.0221 e. The Morgan fingerprint density at radius 2 is 1.04 bits per heavy atom. The van der Waals surface area contributed by atoms with E-state index in [1.54, 1.807) is 0 Å². The maximum atomic E-state index is 5.77. The van der Waals surface area contributed by atoms with Crippen LogP contribution in [0.15, 0.2) is 0 Å². The lowest BCUT2D eigenvalue weighted by molar-refractivity contribution is 0.267. The summed E-state index contributed by atoms with van der Waals surface area (Å²) in [5, 5.41) is 19.2. The van der Waals surface area contributed by atoms with Crippen molar-refractivity contribution in [2.24, 2.45) is 5.73 Å². The first kappa shape index (κ1) is 21.5. The van der Waals surface area contributed by atoms with Gasteiger partial charge >= 0.3 is 0 Å². The summed E-state index contributed by atoms with van der Waals surface area (Å²) >= 11 is 0. The van der Waals surface area contributed by atoms with E-state index in [0.717, 1.165) is 45.7 Å². The van der Waals surface area contributed by atoms with Crippen molar-refractivity contribution in [1.29, 1.82) is 0 Å². The van der Waals surface area contributed by atoms with Gasteiger partial charge in [0.25, 0.3) is 0 Å². The van der Waals surface area contributed by atoms with E-state index in [1.165, 1.54) is 57.8 Å². The largest absolute Gasteiger partial charge is 0.330 e. The second-order valence-corrected chi connectivity index (χ2v) is 8.85. The molecule has 1 aliphatic heterocycles. The molecule has 0 amide bonds. The third-order valence-corrected chi connectivity index (χ3v) is 6.82. The first-order chi connectivity index (χ1) is 13.4. The Morgan fingerprint density at radius 1 is 0.593 bits per heavy atom. The van der Waals surface area contributed by atoms with Crippen LogP contribution >= 0.6 is 0 Å². The molecule has 1 saturated heterocycles. The normalized spacial score (nSPS) is 37.4. The van der Waals surface area contributed by atoms with Crippen LogP contribution in [0.4, 0.5) is 0 Å². The van der Waals surface area contributed by atoms with Gasteiger partial charge in [-0.25, -0.2) is 0 Å². The maximum absolute atomic E-state index is 5.77. The average Bonchev–Trinajstić information content (AvgIpc) is 2.71. The summed E-state index contributed by atoms with van der Waals surface area (Å²) in [7, 11) is 0. The van der Waals surface area contributed by atoms with Gasteiger partial charge in [-0.1, -0.05) is 25.7 Å². The van der Waals surface area contributed by atoms with Crippen LogP contribution in [-0.2, 0) is 0 Å². The van der Waals surface area contributed by atoms with Crippen molar-refractivity contribution >= 4 is 0 Å². The van der Waals surface area contributed by atoms with Gasteiger partial charge in [0.2, 0.25) is 0 Å². The van der Waals surface area contributed by atoms with Crippen molar-refractivity contribution < 1.29 is 0 Å². The summed E-state index contributed by atoms with van der Waals surface area (Å²) in [4.78, 5) is 0. The number of hydrogen-bond acceptors (Lipinski definition) is 6. The van der Waals surface area contributed by atoms with E-state index in [4.69, 9.17) is 5.73 Å². The lowest BCUT2D eigenvalue weighted by atomic mass is 9.89. The van der Waals surface area contributed by atoms with Gasteiger partial charge in [0.05, 0.1) is 0 Å². The number of hydrogen-bond donors (Lipinski definition) is 6. The molecule has 2 saturated carbocycles. The zero-order valence-corrected chi connectivity index (χ0v) is 17.3. The highest BCUT2D eigenvalue weighted by molar-refractivity contribution is 4.90. The van der Waals surface area contributed by atoms with Crippen molar-refractivity contribution in [2.75, 3.05) is 39.3 Å². The Bertz CT molecular complexity index is 393. The van der Waals surface area contributed by atoms with Crippen molar-refractivity contribution in [3.63, 3.8) is 0 Å². The zero-order valence-electron chi connectivity index (χ0n) is 17.3. The molecule has 7 N–H and O–H groups in total. The molecule has 1 heterocycles. The van der Waals surface area contributed by atoms with E-state index in [-0.39, 0.29) is 0 Å². The summed E-state index contributed by atoms with van der Waals surface area (Å²) in [6, 6.07) is 3.05. The lowest BCUT2D eigenvalue weighted by Crippen LogP contribution is -2.54. The van der Waals surface area contributed by atoms with Gasteiger partial charge in [0.1, 0.15) is 0 Å². The van der Waals surface area contributed by atoms with Crippen LogP contribution in [0.3, 0.4) is 0 Å². The van der Waals surface area contributed by atoms with Crippen molar-refractivity contribution in [3.8, 4) is 0 Å². The Labute approximate surface area is 166 Å². The van der Waals surface area contributed by atoms with E-state index in [0.29, 0.717) is 30.2 Å². The van der Waals surface area contributed by atoms with Crippen LogP contribution in [0.5, 0.6) is 0 Å². The fourth-order valence-corrected chi connectivity index (χ4v) is 5.22. The van der Waals surface area contributed by atoms with E-state index in [9.17, 15) is 0 Å². The Morgan fingerprint density at radius 3 is 1.52 bits per heavy atom. The second kappa shape index (κ2) is 12.3. The molecule has 2 aliphatic carbocycles. The van der Waals surface area contributed by atoms with Gasteiger partial charge in [-0.05, 0) is 45.1 Å². The molecule has 3 aliphatic rings. The topological polar surface area (TPSA) is 86.2 Å². The molecule has 3 fully saturated rings. The van der Waals surface area contributed by atoms with Gasteiger partial charge in [-0.2, -0.15) is 0 Å². The minimum absolute atomic E-state index is 0.531. The van der Waals surface area contributed by atoms with Crippen molar-refractivity contribution in [2.45, 2.75) is 94.4 Å². The van der Waals surface area contributed by atoms with E-state index < -0.39 is 0 Å². The second-order valence-electron chi connectivity index (χ2n) is 8.85. The number of rotatable bonds is 3. The molecular weight excluding hydrogens is 336 g/mol. The molecule has 0 aromatic rings. The minimum atomic E-state index is 0.531. The third kappa shape index (κ3) is 7.26. The standard InChI is InChI=1S/C21H44N6/c22-11-5-6-17-16-27-21-10-4-3-9-20(21)26-15-14-25-19-8-2-1-7-18(19)24-13-12-23-17/h17-21,23-27H,1-16,22H2/t17-,18+,19?,20+,21+/m0/s1. The highest BCUT2D eigenvalue weighted by atomic mass is 15.1. The highest BCUT2D eigenvalue weighted by Crippen LogP contribution is 2.20. The fraction of sp³-hybridized carbons (Fsp3) is 1.00. The van der Waals surface area contributed by atoms with Crippen molar-refractivity contribution in [3.05, 3.63) is 0 Å². The molecule has 0 aromatic heterocycles. The third-order valence-electron chi connectivity index (χ3n) is 6.82. The summed E-state index contributed by atoms with van der Waals surface area (Å²) in [5.74, 6) is 0. The first-order valence-electron chi connectivity index (χ1n) is 11.7. The average molecular weight is 381 g/mol. The monoisotopic (exact) mass is 380 g/mol. The number of nitrogens with two attached hydrogens (primary N) is 1. The molecule has 0 spiro atoms. The van der Waals surface area contributed by atoms with E-state index in [1.807, 2.05) is 0 Å². The van der Waals surface area contributed by atoms with Gasteiger partial charge in [0, 0.05) is 62.9 Å². The summed E-state index contributed by atoms with van der Waals surface area (Å²) in [6.07, 6.45) is 13.0. The smallest absolute Gasteiger partial charge is 0.0221 e. The predicted molar refractivity (Wildman–Crippen MR) is 114 cm³/mol. The minimum Gasteiger partial charge on any atom is -0.330 e. The molecule has 3 rings (SSSR count). The van der Waals surface area contributed by atoms with Gasteiger partial charge in [-0.15, -0.1) is 0 Å². The molecule has 6 heteroatoms. The van der Waals surface area contributed by atoms with Gasteiger partial charge in [-0.3, -0.25) is 0 Å². The summed E-state index contributed by atoms with van der Waals surface area (Å²) < 4.78 is 0. The number of fused-ring (bicyclic) bond motifs is 2. The first-order valence-corrected chi connectivity index (χ1v) is 11.7. The van der Waals surface area contributed by atoms with Gasteiger partial charge in [0.15, 0.2) is 0 Å². The molecular formula is C21H44N6. The van der Waals surface area contributed by atoms with Crippen LogP contribution in [0.1, 0.15) is 64.2 Å². The molecule has 27 heavy (non-hydrogen) atoms. The van der Waals surface area contributed by atoms with Crippen LogP contribution < -0.4 is 32.3 Å². The SMILES string of the molecule is NCCC[C@H]1CN[C@@H]2CCCC[C@H]2NCCNC2CCCC[C@H]2NCCN1. The molecule has 0 radical (unpaired) electrons. The number of nitrogens with one attached hydrogen (secondary N) is 5.